The fourth-order valence-corrected chi connectivity index (χ4v) is 2.81. The van der Waals surface area contributed by atoms with Gasteiger partial charge in [0.1, 0.15) is 0 Å². The number of amides is 1. The van der Waals surface area contributed by atoms with E-state index in [9.17, 15) is 14.7 Å². The summed E-state index contributed by atoms with van der Waals surface area (Å²) < 4.78 is 0.886. The van der Waals surface area contributed by atoms with Crippen molar-refractivity contribution in [2.45, 2.75) is 12.8 Å². The smallest absolute Gasteiger partial charge is 0.228 e. The van der Waals surface area contributed by atoms with Crippen LogP contribution < -0.4 is 10.4 Å². The first kappa shape index (κ1) is 17.7. The number of benzene rings is 2. The molecule has 120 valence electrons. The number of carboxylic acids is 1. The fraction of sp³-hybridized carbons (Fsp3) is 0.176. The van der Waals surface area contributed by atoms with E-state index in [0.717, 1.165) is 9.13 Å². The quantitative estimate of drug-likeness (QED) is 0.700. The average Bonchev–Trinajstić information content (AvgIpc) is 2.50. The summed E-state index contributed by atoms with van der Waals surface area (Å²) in [5.74, 6) is -2.30. The molecule has 0 radical (unpaired) electrons. The van der Waals surface area contributed by atoms with E-state index in [2.05, 4.69) is 27.9 Å². The Morgan fingerprint density at radius 1 is 1.13 bits per heavy atom. The lowest BCUT2D eigenvalue weighted by molar-refractivity contribution is -0.306. The van der Waals surface area contributed by atoms with Crippen LogP contribution in [0.3, 0.4) is 0 Å². The molecule has 0 saturated heterocycles. The zero-order valence-corrected chi connectivity index (χ0v) is 15.0. The molecule has 4 nitrogen and oxygen atoms in total. The number of carbonyl (C=O) groups is 2. The van der Waals surface area contributed by atoms with Crippen molar-refractivity contribution < 1.29 is 14.7 Å². The van der Waals surface area contributed by atoms with Gasteiger partial charge in [0.25, 0.3) is 0 Å². The minimum atomic E-state index is -1.25. The van der Waals surface area contributed by atoms with Crippen LogP contribution in [0, 0.1) is 9.49 Å². The van der Waals surface area contributed by atoms with Gasteiger partial charge in [-0.3, -0.25) is 4.79 Å². The first-order valence-corrected chi connectivity index (χ1v) is 8.41. The van der Waals surface area contributed by atoms with Crippen molar-refractivity contribution in [3.63, 3.8) is 0 Å². The van der Waals surface area contributed by atoms with Crippen LogP contribution in [0.25, 0.3) is 0 Å². The van der Waals surface area contributed by atoms with Gasteiger partial charge < -0.3 is 15.2 Å². The number of carboxylic acid groups (broad SMARTS) is 1. The van der Waals surface area contributed by atoms with Crippen LogP contribution in [0.1, 0.15) is 12.0 Å². The normalized spacial score (nSPS) is 11.7. The Bertz CT molecular complexity index is 703. The van der Waals surface area contributed by atoms with Crippen LogP contribution in [0.4, 0.5) is 5.69 Å². The molecule has 0 spiro atoms. The second-order valence-electron chi connectivity index (χ2n) is 5.07. The summed E-state index contributed by atoms with van der Waals surface area (Å²) in [6.45, 7) is 0. The predicted octanol–water partition coefficient (Wildman–Crippen LogP) is 2.88. The zero-order chi connectivity index (χ0) is 16.8. The van der Waals surface area contributed by atoms with Gasteiger partial charge in [0, 0.05) is 20.5 Å². The van der Waals surface area contributed by atoms with Crippen LogP contribution in [-0.4, -0.2) is 11.9 Å². The van der Waals surface area contributed by atoms with Crippen LogP contribution in [0.15, 0.2) is 48.5 Å². The van der Waals surface area contributed by atoms with Gasteiger partial charge in [0.05, 0.1) is 5.69 Å². The van der Waals surface area contributed by atoms with E-state index in [1.807, 2.05) is 18.2 Å². The summed E-state index contributed by atoms with van der Waals surface area (Å²) in [4.78, 5) is 23.4. The maximum absolute atomic E-state index is 12.4. The van der Waals surface area contributed by atoms with Crippen molar-refractivity contribution in [2.75, 3.05) is 5.32 Å². The van der Waals surface area contributed by atoms with Gasteiger partial charge in [0.2, 0.25) is 5.91 Å². The molecule has 1 N–H and O–H groups in total. The third-order valence-corrected chi connectivity index (χ3v) is 4.50. The lowest BCUT2D eigenvalue weighted by Gasteiger charge is -2.18. The van der Waals surface area contributed by atoms with E-state index in [1.54, 1.807) is 30.3 Å². The van der Waals surface area contributed by atoms with Crippen molar-refractivity contribution in [3.8, 4) is 0 Å². The molecule has 2 aromatic carbocycles. The predicted molar refractivity (Wildman–Crippen MR) is 96.1 cm³/mol. The molecule has 0 aliphatic carbocycles. The number of carbonyl (C=O) groups excluding carboxylic acids is 2. The summed E-state index contributed by atoms with van der Waals surface area (Å²) in [7, 11) is 0. The summed E-state index contributed by atoms with van der Waals surface area (Å²) in [5, 5.41) is 14.3. The van der Waals surface area contributed by atoms with Gasteiger partial charge in [-0.25, -0.2) is 0 Å². The van der Waals surface area contributed by atoms with Gasteiger partial charge in [-0.05, 0) is 65.3 Å². The van der Waals surface area contributed by atoms with Crippen molar-refractivity contribution in [1.29, 1.82) is 0 Å². The summed E-state index contributed by atoms with van der Waals surface area (Å²) in [5.41, 5.74) is 1.51. The van der Waals surface area contributed by atoms with Gasteiger partial charge >= 0.3 is 0 Å². The minimum absolute atomic E-state index is 0.306. The van der Waals surface area contributed by atoms with Crippen molar-refractivity contribution >= 4 is 51.8 Å². The Morgan fingerprint density at radius 2 is 1.78 bits per heavy atom. The molecule has 2 aromatic rings. The molecule has 0 aliphatic rings. The van der Waals surface area contributed by atoms with E-state index in [4.69, 9.17) is 11.6 Å². The Kier molecular flexibility index (Phi) is 6.41. The van der Waals surface area contributed by atoms with E-state index < -0.39 is 11.9 Å². The highest BCUT2D eigenvalue weighted by Gasteiger charge is 2.20. The number of aliphatic carboxylic acids is 1. The maximum Gasteiger partial charge on any atom is 0.228 e. The number of hydrogen-bond acceptors (Lipinski definition) is 3. The van der Waals surface area contributed by atoms with Crippen LogP contribution in [-0.2, 0) is 16.0 Å². The summed E-state index contributed by atoms with van der Waals surface area (Å²) in [6.07, 6.45) is -0.0295. The van der Waals surface area contributed by atoms with Gasteiger partial charge in [0.15, 0.2) is 0 Å². The van der Waals surface area contributed by atoms with E-state index in [0.29, 0.717) is 17.1 Å². The highest BCUT2D eigenvalue weighted by Crippen LogP contribution is 2.21. The molecule has 0 bridgehead atoms. The Balaban J connectivity index is 2.13. The lowest BCUT2D eigenvalue weighted by atomic mass is 9.95. The standard InChI is InChI=1S/C17H15ClINO3/c18-13-7-5-11(6-8-13)9-12(10-16(21)22)17(23)20-15-4-2-1-3-14(15)19/h1-8,12H,9-10H2,(H,20,23)(H,21,22)/p-1/t12-/m1/s1. The van der Waals surface area contributed by atoms with Crippen LogP contribution in [0.2, 0.25) is 5.02 Å². The first-order chi connectivity index (χ1) is 11.0. The highest BCUT2D eigenvalue weighted by atomic mass is 127. The van der Waals surface area contributed by atoms with Gasteiger partial charge in [-0.2, -0.15) is 0 Å². The number of nitrogens with one attached hydrogen (secondary N) is 1. The molecule has 0 saturated carbocycles. The van der Waals surface area contributed by atoms with Gasteiger partial charge in [-0.15, -0.1) is 0 Å². The number of rotatable bonds is 6. The monoisotopic (exact) mass is 442 g/mol. The molecule has 23 heavy (non-hydrogen) atoms. The molecule has 0 fully saturated rings. The molecule has 0 heterocycles. The molecule has 2 rings (SSSR count). The number of para-hydroxylation sites is 1. The highest BCUT2D eigenvalue weighted by molar-refractivity contribution is 14.1. The Labute approximate surface area is 153 Å². The van der Waals surface area contributed by atoms with Crippen molar-refractivity contribution in [1.82, 2.24) is 0 Å². The third-order valence-electron chi connectivity index (χ3n) is 3.31. The summed E-state index contributed by atoms with van der Waals surface area (Å²) >= 11 is 7.95. The maximum atomic E-state index is 12.4. The van der Waals surface area contributed by atoms with Crippen LogP contribution in [0.5, 0.6) is 0 Å². The number of anilines is 1. The van der Waals surface area contributed by atoms with Crippen LogP contribution >= 0.6 is 34.2 Å². The molecule has 0 aromatic heterocycles. The molecule has 1 amide bonds. The number of halogens is 2. The largest absolute Gasteiger partial charge is 0.550 e. The Hall–Kier alpha value is -1.60. The topological polar surface area (TPSA) is 69.2 Å². The lowest BCUT2D eigenvalue weighted by Crippen LogP contribution is -2.32. The third kappa shape index (κ3) is 5.51. The molecule has 0 unspecified atom stereocenters. The zero-order valence-electron chi connectivity index (χ0n) is 12.1. The Morgan fingerprint density at radius 3 is 2.39 bits per heavy atom. The average molecular weight is 443 g/mol. The van der Waals surface area contributed by atoms with Crippen molar-refractivity contribution in [2.24, 2.45) is 5.92 Å². The van der Waals surface area contributed by atoms with E-state index in [-0.39, 0.29) is 12.3 Å². The molecular weight excluding hydrogens is 429 g/mol. The summed E-state index contributed by atoms with van der Waals surface area (Å²) in [6, 6.07) is 14.3. The number of hydrogen-bond donors (Lipinski definition) is 1. The molecule has 6 heteroatoms. The minimum Gasteiger partial charge on any atom is -0.550 e. The molecule has 1 atom stereocenters. The van der Waals surface area contributed by atoms with Crippen molar-refractivity contribution in [3.05, 3.63) is 62.7 Å². The fourth-order valence-electron chi connectivity index (χ4n) is 2.16. The second kappa shape index (κ2) is 8.31. The van der Waals surface area contributed by atoms with E-state index in [1.165, 1.54) is 0 Å². The molecular formula is C17H14ClINO3-. The van der Waals surface area contributed by atoms with Gasteiger partial charge in [-0.1, -0.05) is 35.9 Å². The SMILES string of the molecule is O=C([O-])C[C@@H](Cc1ccc(Cl)cc1)C(=O)Nc1ccccc1I. The van der Waals surface area contributed by atoms with E-state index >= 15 is 0 Å². The first-order valence-electron chi connectivity index (χ1n) is 6.95. The molecule has 0 aliphatic heterocycles. The second-order valence-corrected chi connectivity index (χ2v) is 6.67.